The SMILES string of the molecule is Cc1ccc(-n2nc(C(=O)NCC(C)C)c(=O)n(Cc3cccnc3)c2=O)cc1. The van der Waals surface area contributed by atoms with Gasteiger partial charge in [-0.1, -0.05) is 37.6 Å². The van der Waals surface area contributed by atoms with Crippen LogP contribution in [0.15, 0.2) is 58.4 Å². The number of benzene rings is 1. The highest BCUT2D eigenvalue weighted by molar-refractivity contribution is 5.91. The van der Waals surface area contributed by atoms with E-state index in [0.717, 1.165) is 14.8 Å². The Labute approximate surface area is 167 Å². The quantitative estimate of drug-likeness (QED) is 0.685. The zero-order valence-electron chi connectivity index (χ0n) is 16.6. The molecule has 0 spiro atoms. The number of amides is 1. The summed E-state index contributed by atoms with van der Waals surface area (Å²) >= 11 is 0. The van der Waals surface area contributed by atoms with Crippen LogP contribution in [0.1, 0.15) is 35.5 Å². The highest BCUT2D eigenvalue weighted by Crippen LogP contribution is 2.06. The molecule has 29 heavy (non-hydrogen) atoms. The summed E-state index contributed by atoms with van der Waals surface area (Å²) < 4.78 is 2.09. The molecule has 0 fully saturated rings. The third kappa shape index (κ3) is 4.66. The maximum Gasteiger partial charge on any atom is 0.352 e. The van der Waals surface area contributed by atoms with E-state index < -0.39 is 17.2 Å². The molecule has 8 nitrogen and oxygen atoms in total. The molecule has 150 valence electrons. The number of pyridine rings is 1. The van der Waals surface area contributed by atoms with Crippen molar-refractivity contribution in [2.75, 3.05) is 6.54 Å². The Hall–Kier alpha value is -3.55. The maximum atomic E-state index is 13.0. The first-order chi connectivity index (χ1) is 13.9. The monoisotopic (exact) mass is 393 g/mol. The number of rotatable bonds is 6. The van der Waals surface area contributed by atoms with E-state index in [4.69, 9.17) is 0 Å². The molecule has 0 aliphatic heterocycles. The van der Waals surface area contributed by atoms with E-state index in [-0.39, 0.29) is 18.2 Å². The zero-order valence-corrected chi connectivity index (χ0v) is 16.6. The Bertz CT molecular complexity index is 1120. The molecule has 0 unspecified atom stereocenters. The van der Waals surface area contributed by atoms with Crippen molar-refractivity contribution in [2.45, 2.75) is 27.3 Å². The number of nitrogens with zero attached hydrogens (tertiary/aromatic N) is 4. The smallest absolute Gasteiger partial charge is 0.350 e. The Morgan fingerprint density at radius 3 is 2.48 bits per heavy atom. The second kappa shape index (κ2) is 8.64. The van der Waals surface area contributed by atoms with Gasteiger partial charge in [-0.25, -0.2) is 4.79 Å². The van der Waals surface area contributed by atoms with Gasteiger partial charge in [-0.15, -0.1) is 0 Å². The molecule has 0 bridgehead atoms. The summed E-state index contributed by atoms with van der Waals surface area (Å²) in [6.45, 7) is 6.20. The largest absolute Gasteiger partial charge is 0.352 e. The van der Waals surface area contributed by atoms with E-state index in [2.05, 4.69) is 15.4 Å². The molecule has 1 N–H and O–H groups in total. The van der Waals surface area contributed by atoms with Gasteiger partial charge in [0.2, 0.25) is 5.69 Å². The zero-order chi connectivity index (χ0) is 21.0. The third-order valence-electron chi connectivity index (χ3n) is 4.29. The van der Waals surface area contributed by atoms with Gasteiger partial charge in [0.05, 0.1) is 12.2 Å². The van der Waals surface area contributed by atoms with Gasteiger partial charge in [0.25, 0.3) is 11.5 Å². The maximum absolute atomic E-state index is 13.0. The second-order valence-electron chi connectivity index (χ2n) is 7.23. The fraction of sp³-hybridized carbons (Fsp3) is 0.286. The number of aryl methyl sites for hydroxylation is 1. The molecular formula is C21H23N5O3. The van der Waals surface area contributed by atoms with Crippen molar-refractivity contribution >= 4 is 5.91 Å². The fourth-order valence-corrected chi connectivity index (χ4v) is 2.71. The van der Waals surface area contributed by atoms with Gasteiger partial charge in [-0.3, -0.25) is 19.1 Å². The highest BCUT2D eigenvalue weighted by Gasteiger charge is 2.20. The molecule has 3 aromatic rings. The average Bonchev–Trinajstić information content (AvgIpc) is 2.71. The molecule has 0 aliphatic carbocycles. The minimum Gasteiger partial charge on any atom is -0.350 e. The first-order valence-electron chi connectivity index (χ1n) is 9.35. The topological polar surface area (TPSA) is 98.9 Å². The summed E-state index contributed by atoms with van der Waals surface area (Å²) in [7, 11) is 0. The van der Waals surface area contributed by atoms with Crippen LogP contribution in [0.3, 0.4) is 0 Å². The van der Waals surface area contributed by atoms with Crippen LogP contribution in [0.4, 0.5) is 0 Å². The van der Waals surface area contributed by atoms with Crippen LogP contribution in [0.5, 0.6) is 0 Å². The molecule has 8 heteroatoms. The van der Waals surface area contributed by atoms with E-state index in [9.17, 15) is 14.4 Å². The molecule has 0 radical (unpaired) electrons. The Balaban J connectivity index is 2.15. The number of hydrogen-bond acceptors (Lipinski definition) is 5. The van der Waals surface area contributed by atoms with Crippen molar-refractivity contribution in [3.63, 3.8) is 0 Å². The molecule has 3 rings (SSSR count). The lowest BCUT2D eigenvalue weighted by molar-refractivity contribution is 0.0939. The van der Waals surface area contributed by atoms with Crippen molar-refractivity contribution in [2.24, 2.45) is 5.92 Å². The number of aromatic nitrogens is 4. The van der Waals surface area contributed by atoms with Crippen LogP contribution in [0.25, 0.3) is 5.69 Å². The normalized spacial score (nSPS) is 10.9. The molecule has 0 atom stereocenters. The number of carbonyl (C=O) groups excluding carboxylic acids is 1. The van der Waals surface area contributed by atoms with Crippen LogP contribution >= 0.6 is 0 Å². The van der Waals surface area contributed by atoms with E-state index in [0.29, 0.717) is 17.8 Å². The lowest BCUT2D eigenvalue weighted by Crippen LogP contribution is -2.46. The average molecular weight is 393 g/mol. The first kappa shape index (κ1) is 20.2. The number of carbonyl (C=O) groups is 1. The lowest BCUT2D eigenvalue weighted by atomic mass is 10.2. The van der Waals surface area contributed by atoms with Gasteiger partial charge in [0.15, 0.2) is 0 Å². The molecule has 2 heterocycles. The van der Waals surface area contributed by atoms with Crippen molar-refractivity contribution in [3.8, 4) is 5.69 Å². The standard InChI is InChI=1S/C21H23N5O3/c1-14(2)11-23-19(27)18-20(28)25(13-16-5-4-10-22-12-16)21(29)26(24-18)17-8-6-15(3)7-9-17/h4-10,12,14H,11,13H2,1-3H3,(H,23,27). The van der Waals surface area contributed by atoms with Crippen LogP contribution < -0.4 is 16.6 Å². The Morgan fingerprint density at radius 2 is 1.86 bits per heavy atom. The van der Waals surface area contributed by atoms with Crippen LogP contribution in [-0.2, 0) is 6.54 Å². The second-order valence-corrected chi connectivity index (χ2v) is 7.23. The minimum atomic E-state index is -0.733. The summed E-state index contributed by atoms with van der Waals surface area (Å²) in [5, 5.41) is 6.79. The molecule has 0 saturated carbocycles. The summed E-state index contributed by atoms with van der Waals surface area (Å²) in [5.41, 5.74) is 0.474. The summed E-state index contributed by atoms with van der Waals surface area (Å²) in [6, 6.07) is 10.6. The Morgan fingerprint density at radius 1 is 1.14 bits per heavy atom. The summed E-state index contributed by atoms with van der Waals surface area (Å²) in [6.07, 6.45) is 3.18. The highest BCUT2D eigenvalue weighted by atomic mass is 16.2. The van der Waals surface area contributed by atoms with Crippen LogP contribution in [-0.4, -0.2) is 31.8 Å². The van der Waals surface area contributed by atoms with Crippen molar-refractivity contribution < 1.29 is 4.79 Å². The summed E-state index contributed by atoms with van der Waals surface area (Å²) in [5.74, 6) is -0.399. The fourth-order valence-electron chi connectivity index (χ4n) is 2.71. The van der Waals surface area contributed by atoms with Gasteiger partial charge in [-0.2, -0.15) is 9.78 Å². The van der Waals surface area contributed by atoms with Gasteiger partial charge in [0.1, 0.15) is 0 Å². The van der Waals surface area contributed by atoms with Crippen molar-refractivity contribution in [1.29, 1.82) is 0 Å². The van der Waals surface area contributed by atoms with E-state index in [1.165, 1.54) is 0 Å². The summed E-state index contributed by atoms with van der Waals surface area (Å²) in [4.78, 5) is 42.6. The molecule has 1 amide bonds. The molecule has 0 saturated heterocycles. The van der Waals surface area contributed by atoms with Gasteiger partial charge < -0.3 is 5.32 Å². The van der Waals surface area contributed by atoms with E-state index >= 15 is 0 Å². The van der Waals surface area contributed by atoms with E-state index in [1.807, 2.05) is 32.9 Å². The van der Waals surface area contributed by atoms with E-state index in [1.54, 1.807) is 36.7 Å². The number of hydrogen-bond donors (Lipinski definition) is 1. The predicted octanol–water partition coefficient (Wildman–Crippen LogP) is 1.53. The minimum absolute atomic E-state index is 0.00957. The van der Waals surface area contributed by atoms with Crippen LogP contribution in [0.2, 0.25) is 0 Å². The van der Waals surface area contributed by atoms with Crippen molar-refractivity contribution in [3.05, 3.63) is 86.5 Å². The number of nitrogens with one attached hydrogen (secondary N) is 1. The Kier molecular flexibility index (Phi) is 6.01. The molecule has 1 aromatic carbocycles. The predicted molar refractivity (Wildman–Crippen MR) is 109 cm³/mol. The van der Waals surface area contributed by atoms with Gasteiger partial charge in [-0.05, 0) is 36.6 Å². The van der Waals surface area contributed by atoms with Crippen LogP contribution in [0, 0.1) is 12.8 Å². The van der Waals surface area contributed by atoms with Gasteiger partial charge >= 0.3 is 5.69 Å². The van der Waals surface area contributed by atoms with Gasteiger partial charge in [0, 0.05) is 18.9 Å². The first-order valence-corrected chi connectivity index (χ1v) is 9.35. The molecule has 2 aromatic heterocycles. The molecular weight excluding hydrogens is 370 g/mol. The lowest BCUT2D eigenvalue weighted by Gasteiger charge is -2.13. The van der Waals surface area contributed by atoms with Crippen molar-refractivity contribution in [1.82, 2.24) is 24.6 Å². The third-order valence-corrected chi connectivity index (χ3v) is 4.29. The molecule has 0 aliphatic rings.